The molecule has 0 aromatic heterocycles. The van der Waals surface area contributed by atoms with Crippen molar-refractivity contribution in [2.75, 3.05) is 0 Å². The van der Waals surface area contributed by atoms with Gasteiger partial charge in [-0.1, -0.05) is 50.6 Å². The van der Waals surface area contributed by atoms with Crippen LogP contribution < -0.4 is 9.05 Å². The molecule has 0 N–H and O–H groups in total. The van der Waals surface area contributed by atoms with Crippen LogP contribution in [0, 0.1) is 0 Å². The zero-order valence-electron chi connectivity index (χ0n) is 12.6. The lowest BCUT2D eigenvalue weighted by molar-refractivity contribution is 0.494. The van der Waals surface area contributed by atoms with Crippen molar-refractivity contribution >= 4 is 9.03 Å². The van der Waals surface area contributed by atoms with E-state index < -0.39 is 0 Å². The van der Waals surface area contributed by atoms with E-state index >= 15 is 0 Å². The molecule has 0 bridgehead atoms. The number of rotatable bonds is 3. The van der Waals surface area contributed by atoms with E-state index in [9.17, 15) is 0 Å². The van der Waals surface area contributed by atoms with Crippen molar-refractivity contribution in [3.8, 4) is 11.5 Å². The largest absolute Gasteiger partial charge is 0.440 e. The number of benzene rings is 2. The van der Waals surface area contributed by atoms with Gasteiger partial charge in [-0.15, -0.1) is 0 Å². The fraction of sp³-hybridized carbons (Fsp3) is 0.333. The van der Waals surface area contributed by atoms with Gasteiger partial charge in [0.15, 0.2) is 0 Å². The van der Waals surface area contributed by atoms with Crippen LogP contribution in [0.15, 0.2) is 42.5 Å². The molecule has 0 spiro atoms. The summed E-state index contributed by atoms with van der Waals surface area (Å²) in [5.74, 6) is 2.19. The van der Waals surface area contributed by atoms with E-state index in [0.29, 0.717) is 0 Å². The third kappa shape index (κ3) is 3.06. The molecule has 1 heterocycles. The molecule has 0 fully saturated rings. The van der Waals surface area contributed by atoms with Gasteiger partial charge in [-0.05, 0) is 30.5 Å². The molecule has 3 rings (SSSR count). The van der Waals surface area contributed by atoms with Crippen LogP contribution in [-0.4, -0.2) is 0 Å². The molecule has 1 aliphatic rings. The first-order chi connectivity index (χ1) is 10.3. The van der Waals surface area contributed by atoms with Crippen LogP contribution in [0.2, 0.25) is 0 Å². The second kappa shape index (κ2) is 6.49. The summed E-state index contributed by atoms with van der Waals surface area (Å²) in [5, 5.41) is 0. The molecule has 1 aliphatic heterocycles. The summed E-state index contributed by atoms with van der Waals surface area (Å²) in [5.41, 5.74) is 3.83. The van der Waals surface area contributed by atoms with Gasteiger partial charge in [-0.25, -0.2) is 0 Å². The molecule has 0 saturated carbocycles. The molecule has 110 valence electrons. The number of hydrogen-bond acceptors (Lipinski definition) is 2. The lowest BCUT2D eigenvalue weighted by Crippen LogP contribution is -2.04. The maximum absolute atomic E-state index is 5.88. The number of para-hydroxylation sites is 1. The van der Waals surface area contributed by atoms with Crippen molar-refractivity contribution in [2.24, 2.45) is 0 Å². The Kier molecular flexibility index (Phi) is 4.45. The van der Waals surface area contributed by atoms with Crippen LogP contribution in [0.5, 0.6) is 11.5 Å². The van der Waals surface area contributed by atoms with Crippen molar-refractivity contribution < 1.29 is 9.05 Å². The third-order valence-corrected chi connectivity index (χ3v) is 4.66. The minimum atomic E-state index is 0.0127. The Morgan fingerprint density at radius 3 is 2.62 bits per heavy atom. The fourth-order valence-corrected chi connectivity index (χ4v) is 3.35. The lowest BCUT2D eigenvalue weighted by atomic mass is 9.90. The molecule has 21 heavy (non-hydrogen) atoms. The van der Waals surface area contributed by atoms with Gasteiger partial charge in [0.25, 0.3) is 9.03 Å². The molecular formula is C18H21O2P. The summed E-state index contributed by atoms with van der Waals surface area (Å²) >= 11 is 0. The van der Waals surface area contributed by atoms with Crippen LogP contribution >= 0.6 is 9.03 Å². The minimum Gasteiger partial charge on any atom is -0.440 e. The van der Waals surface area contributed by atoms with E-state index in [1.807, 2.05) is 12.1 Å². The van der Waals surface area contributed by atoms with Gasteiger partial charge in [0.05, 0.1) is 0 Å². The minimum absolute atomic E-state index is 0.0127. The number of fused-ring (bicyclic) bond motifs is 2. The predicted octanol–water partition coefficient (Wildman–Crippen LogP) is 5.46. The lowest BCUT2D eigenvalue weighted by Gasteiger charge is -2.23. The molecule has 2 atom stereocenters. The summed E-state index contributed by atoms with van der Waals surface area (Å²) in [7, 11) is 0.0127. The first-order valence-corrected chi connectivity index (χ1v) is 8.41. The zero-order valence-corrected chi connectivity index (χ0v) is 13.6. The molecule has 0 amide bonds. The molecule has 3 heteroatoms. The van der Waals surface area contributed by atoms with Gasteiger partial charge in [0.2, 0.25) is 0 Å². The smallest absolute Gasteiger partial charge is 0.275 e. The number of unbranched alkanes of at least 4 members (excludes halogenated alkanes) is 1. The van der Waals surface area contributed by atoms with Crippen LogP contribution in [-0.2, 0) is 6.42 Å². The Bertz CT molecular complexity index is 624. The molecule has 0 aliphatic carbocycles. The summed E-state index contributed by atoms with van der Waals surface area (Å²) in [6.07, 6.45) is 3.55. The van der Waals surface area contributed by atoms with Crippen LogP contribution in [0.1, 0.15) is 49.3 Å². The Morgan fingerprint density at radius 1 is 1.00 bits per heavy atom. The molecule has 0 radical (unpaired) electrons. The predicted molar refractivity (Wildman–Crippen MR) is 88.6 cm³/mol. The van der Waals surface area contributed by atoms with Crippen LogP contribution in [0.3, 0.4) is 0 Å². The van der Waals surface area contributed by atoms with Gasteiger partial charge >= 0.3 is 0 Å². The quantitative estimate of drug-likeness (QED) is 0.701. The average molecular weight is 300 g/mol. The Balaban J connectivity index is 1.97. The van der Waals surface area contributed by atoms with Crippen molar-refractivity contribution in [3.63, 3.8) is 0 Å². The zero-order chi connectivity index (χ0) is 14.7. The Hall–Kier alpha value is -1.53. The van der Waals surface area contributed by atoms with Gasteiger partial charge in [0.1, 0.15) is 11.5 Å². The molecule has 2 aromatic carbocycles. The van der Waals surface area contributed by atoms with E-state index in [2.05, 4.69) is 44.2 Å². The summed E-state index contributed by atoms with van der Waals surface area (Å²) in [4.78, 5) is 0. The second-order valence-electron chi connectivity index (χ2n) is 5.52. The van der Waals surface area contributed by atoms with Gasteiger partial charge in [0, 0.05) is 17.0 Å². The normalized spacial score (nSPS) is 17.9. The van der Waals surface area contributed by atoms with Gasteiger partial charge in [-0.2, -0.15) is 0 Å². The summed E-state index contributed by atoms with van der Waals surface area (Å²) in [6.45, 7) is 4.43. The first kappa shape index (κ1) is 14.4. The fourth-order valence-electron chi connectivity index (χ4n) is 2.77. The SMILES string of the molecule is CCCCc1ccc2c(c1)OPOc1ccccc1C2C. The van der Waals surface area contributed by atoms with Crippen molar-refractivity contribution in [3.05, 3.63) is 59.2 Å². The first-order valence-electron chi connectivity index (χ1n) is 7.60. The highest BCUT2D eigenvalue weighted by Crippen LogP contribution is 2.42. The highest BCUT2D eigenvalue weighted by molar-refractivity contribution is 7.27. The maximum atomic E-state index is 5.88. The molecule has 2 unspecified atom stereocenters. The summed E-state index contributed by atoms with van der Waals surface area (Å²) in [6, 6.07) is 14.9. The van der Waals surface area contributed by atoms with Crippen molar-refractivity contribution in [2.45, 2.75) is 39.0 Å². The average Bonchev–Trinajstić information content (AvgIpc) is 2.51. The topological polar surface area (TPSA) is 18.5 Å². The number of hydrogen-bond donors (Lipinski definition) is 0. The van der Waals surface area contributed by atoms with E-state index in [1.165, 1.54) is 29.5 Å². The standard InChI is InChI=1S/C18H21O2P/c1-3-4-7-14-10-11-16-13(2)15-8-5-6-9-17(15)19-21-20-18(16)12-14/h5-6,8-13,21H,3-4,7H2,1-2H3. The number of aryl methyl sites for hydroxylation is 1. The van der Waals surface area contributed by atoms with Gasteiger partial charge < -0.3 is 9.05 Å². The monoisotopic (exact) mass is 300 g/mol. The van der Waals surface area contributed by atoms with E-state index in [1.54, 1.807) is 0 Å². The van der Waals surface area contributed by atoms with E-state index in [-0.39, 0.29) is 15.0 Å². The molecule has 0 saturated heterocycles. The van der Waals surface area contributed by atoms with Gasteiger partial charge in [-0.3, -0.25) is 0 Å². The maximum Gasteiger partial charge on any atom is 0.275 e. The highest BCUT2D eigenvalue weighted by Gasteiger charge is 2.20. The molecule has 2 aromatic rings. The van der Waals surface area contributed by atoms with Crippen molar-refractivity contribution in [1.29, 1.82) is 0 Å². The van der Waals surface area contributed by atoms with Crippen LogP contribution in [0.25, 0.3) is 0 Å². The molecule has 2 nitrogen and oxygen atoms in total. The summed E-state index contributed by atoms with van der Waals surface area (Å²) < 4.78 is 11.7. The molecular weight excluding hydrogens is 279 g/mol. The second-order valence-corrected chi connectivity index (χ2v) is 6.10. The van der Waals surface area contributed by atoms with Crippen LogP contribution in [0.4, 0.5) is 0 Å². The highest BCUT2D eigenvalue weighted by atomic mass is 31.1. The Morgan fingerprint density at radius 2 is 1.76 bits per heavy atom. The van der Waals surface area contributed by atoms with E-state index in [4.69, 9.17) is 9.05 Å². The van der Waals surface area contributed by atoms with Crippen molar-refractivity contribution in [1.82, 2.24) is 0 Å². The third-order valence-electron chi connectivity index (χ3n) is 4.05. The Labute approximate surface area is 128 Å². The van der Waals surface area contributed by atoms with E-state index in [0.717, 1.165) is 17.9 Å².